The minimum atomic E-state index is -0.0261. The number of fused-ring (bicyclic) bond motifs is 1. The fraction of sp³-hybridized carbons (Fsp3) is 0.452. The highest BCUT2D eigenvalue weighted by Crippen LogP contribution is 2.69. The molecule has 3 aromatic rings. The summed E-state index contributed by atoms with van der Waals surface area (Å²) in [6.07, 6.45) is 8.81. The van der Waals surface area contributed by atoms with Gasteiger partial charge in [0.2, 0.25) is 0 Å². The Morgan fingerprint density at radius 1 is 1.14 bits per heavy atom. The lowest BCUT2D eigenvalue weighted by molar-refractivity contribution is -0.123. The second kappa shape index (κ2) is 9.57. The van der Waals surface area contributed by atoms with Crippen LogP contribution in [-0.2, 0) is 16.1 Å². The molecule has 1 aromatic heterocycles. The van der Waals surface area contributed by atoms with Gasteiger partial charge in [-0.1, -0.05) is 36.4 Å². The Hall–Kier alpha value is -2.67. The second-order valence-electron chi connectivity index (χ2n) is 11.2. The van der Waals surface area contributed by atoms with Crippen LogP contribution in [-0.4, -0.2) is 50.3 Å². The molecule has 192 valence electrons. The topological polar surface area (TPSA) is 50.8 Å². The monoisotopic (exact) mass is 514 g/mol. The number of nitrogens with zero attached hydrogens (tertiary/aromatic N) is 1. The molecule has 2 bridgehead atoms. The molecular weight excluding hydrogens is 480 g/mol. The maximum Gasteiger partial charge on any atom is 0.257 e. The Morgan fingerprint density at radius 2 is 2.00 bits per heavy atom. The van der Waals surface area contributed by atoms with E-state index in [1.165, 1.54) is 40.5 Å². The third-order valence-electron chi connectivity index (χ3n) is 9.12. The highest BCUT2D eigenvalue weighted by molar-refractivity contribution is 7.17. The molecule has 37 heavy (non-hydrogen) atoms. The molecule has 7 rings (SSSR count). The predicted molar refractivity (Wildman–Crippen MR) is 148 cm³/mol. The van der Waals surface area contributed by atoms with Crippen molar-refractivity contribution in [3.05, 3.63) is 65.6 Å². The number of allylic oxidation sites excluding steroid dienone is 2. The van der Waals surface area contributed by atoms with Crippen molar-refractivity contribution < 1.29 is 14.3 Å². The molecule has 3 fully saturated rings. The molecule has 3 aliphatic carbocycles. The first-order valence-electron chi connectivity index (χ1n) is 13.7. The van der Waals surface area contributed by atoms with Gasteiger partial charge in [-0.3, -0.25) is 9.69 Å². The zero-order valence-electron chi connectivity index (χ0n) is 21.2. The molecule has 1 N–H and O–H groups in total. The molecule has 5 nitrogen and oxygen atoms in total. The summed E-state index contributed by atoms with van der Waals surface area (Å²) in [6.45, 7) is 4.94. The molecule has 1 aliphatic heterocycles. The van der Waals surface area contributed by atoms with Crippen molar-refractivity contribution in [1.29, 1.82) is 0 Å². The van der Waals surface area contributed by atoms with Gasteiger partial charge in [0, 0.05) is 47.4 Å². The number of ether oxygens (including phenoxy) is 2. The maximum absolute atomic E-state index is 12.8. The largest absolute Gasteiger partial charge is 0.483 e. The third-order valence-corrected chi connectivity index (χ3v) is 10.1. The van der Waals surface area contributed by atoms with Gasteiger partial charge in [0.05, 0.1) is 13.2 Å². The van der Waals surface area contributed by atoms with Gasteiger partial charge < -0.3 is 14.8 Å². The predicted octanol–water partition coefficient (Wildman–Crippen LogP) is 5.50. The standard InChI is InChI=1S/C31H34N2O3S/c34-30(32-17-22-16-24-6-7-27(22)31(24)9-10-31)19-36-28-8-5-21(15-23(28)18-33-11-13-35-14-12-33)26-20-37-29-4-2-1-3-25(26)29/h1-8,15,20,22,24,27H,9-14,16-19H2,(H,32,34)/t22-,24+,27+/m1/s1. The number of carbonyl (C=O) groups is 1. The Kier molecular flexibility index (Phi) is 6.07. The zero-order valence-corrected chi connectivity index (χ0v) is 22.0. The number of rotatable bonds is 8. The molecule has 2 heterocycles. The summed E-state index contributed by atoms with van der Waals surface area (Å²) < 4.78 is 13.0. The van der Waals surface area contributed by atoms with Crippen molar-refractivity contribution in [1.82, 2.24) is 10.2 Å². The van der Waals surface area contributed by atoms with E-state index in [9.17, 15) is 4.79 Å². The van der Waals surface area contributed by atoms with Crippen molar-refractivity contribution in [2.45, 2.75) is 25.8 Å². The molecular formula is C31H34N2O3S. The molecule has 1 spiro atoms. The third kappa shape index (κ3) is 4.39. The number of benzene rings is 2. The van der Waals surface area contributed by atoms with E-state index >= 15 is 0 Å². The number of carbonyl (C=O) groups excluding carboxylic acids is 1. The average molecular weight is 515 g/mol. The van der Waals surface area contributed by atoms with Crippen LogP contribution in [0, 0.1) is 23.2 Å². The van der Waals surface area contributed by atoms with Gasteiger partial charge in [-0.2, -0.15) is 0 Å². The molecule has 1 amide bonds. The van der Waals surface area contributed by atoms with Gasteiger partial charge in [0.15, 0.2) is 6.61 Å². The summed E-state index contributed by atoms with van der Waals surface area (Å²) in [7, 11) is 0. The minimum Gasteiger partial charge on any atom is -0.483 e. The normalized spacial score (nSPS) is 25.7. The van der Waals surface area contributed by atoms with E-state index in [0.717, 1.165) is 56.6 Å². The van der Waals surface area contributed by atoms with E-state index in [1.54, 1.807) is 11.3 Å². The van der Waals surface area contributed by atoms with Gasteiger partial charge in [-0.15, -0.1) is 11.3 Å². The van der Waals surface area contributed by atoms with E-state index in [4.69, 9.17) is 9.47 Å². The summed E-state index contributed by atoms with van der Waals surface area (Å²) in [6, 6.07) is 15.0. The van der Waals surface area contributed by atoms with Crippen molar-refractivity contribution in [3.8, 4) is 16.9 Å². The lowest BCUT2D eigenvalue weighted by Crippen LogP contribution is -2.36. The molecule has 1 saturated heterocycles. The summed E-state index contributed by atoms with van der Waals surface area (Å²) in [5.41, 5.74) is 4.13. The van der Waals surface area contributed by atoms with E-state index in [0.29, 0.717) is 17.3 Å². The first-order chi connectivity index (χ1) is 18.2. The van der Waals surface area contributed by atoms with Crippen LogP contribution in [0.1, 0.15) is 24.8 Å². The van der Waals surface area contributed by atoms with Crippen LogP contribution in [0.25, 0.3) is 21.2 Å². The molecule has 3 atom stereocenters. The van der Waals surface area contributed by atoms with Crippen LogP contribution < -0.4 is 10.1 Å². The summed E-state index contributed by atoms with van der Waals surface area (Å²) in [5.74, 6) is 2.77. The van der Waals surface area contributed by atoms with Gasteiger partial charge in [-0.05, 0) is 71.6 Å². The van der Waals surface area contributed by atoms with Crippen molar-refractivity contribution in [2.75, 3.05) is 39.5 Å². The number of morpholine rings is 1. The van der Waals surface area contributed by atoms with E-state index < -0.39 is 0 Å². The molecule has 2 aromatic carbocycles. The van der Waals surface area contributed by atoms with Gasteiger partial charge in [0.1, 0.15) is 5.75 Å². The first kappa shape index (κ1) is 23.4. The minimum absolute atomic E-state index is 0.0261. The Labute approximate surface area is 222 Å². The van der Waals surface area contributed by atoms with E-state index in [-0.39, 0.29) is 12.5 Å². The van der Waals surface area contributed by atoms with Crippen LogP contribution in [0.15, 0.2) is 60.0 Å². The summed E-state index contributed by atoms with van der Waals surface area (Å²) in [5, 5.41) is 6.69. The van der Waals surface area contributed by atoms with Crippen molar-refractivity contribution >= 4 is 27.3 Å². The van der Waals surface area contributed by atoms with E-state index in [2.05, 4.69) is 64.1 Å². The second-order valence-corrected chi connectivity index (χ2v) is 12.1. The quantitative estimate of drug-likeness (QED) is 0.404. The lowest BCUT2D eigenvalue weighted by Gasteiger charge is -2.27. The van der Waals surface area contributed by atoms with Gasteiger partial charge in [0.25, 0.3) is 5.91 Å². The summed E-state index contributed by atoms with van der Waals surface area (Å²) in [4.78, 5) is 15.2. The molecule has 6 heteroatoms. The van der Waals surface area contributed by atoms with Crippen LogP contribution in [0.2, 0.25) is 0 Å². The Balaban J connectivity index is 1.04. The Morgan fingerprint density at radius 3 is 2.84 bits per heavy atom. The van der Waals surface area contributed by atoms with Crippen LogP contribution in [0.3, 0.4) is 0 Å². The SMILES string of the molecule is O=C(COc1ccc(-c2csc3ccccc23)cc1CN1CCOCC1)NC[C@H]1C[C@@H]2C=C[C@@H]1C21CC1. The fourth-order valence-electron chi connectivity index (χ4n) is 7.01. The number of hydrogen-bond donors (Lipinski definition) is 1. The smallest absolute Gasteiger partial charge is 0.257 e. The highest BCUT2D eigenvalue weighted by Gasteiger charge is 2.62. The first-order valence-corrected chi connectivity index (χ1v) is 14.5. The molecule has 0 unspecified atom stereocenters. The van der Waals surface area contributed by atoms with Crippen LogP contribution in [0.4, 0.5) is 0 Å². The molecule has 0 radical (unpaired) electrons. The fourth-order valence-corrected chi connectivity index (χ4v) is 7.98. The number of amides is 1. The highest BCUT2D eigenvalue weighted by atomic mass is 32.1. The maximum atomic E-state index is 12.8. The zero-order chi connectivity index (χ0) is 24.8. The molecule has 4 aliphatic rings. The summed E-state index contributed by atoms with van der Waals surface area (Å²) >= 11 is 1.78. The van der Waals surface area contributed by atoms with Crippen LogP contribution >= 0.6 is 11.3 Å². The molecule has 2 saturated carbocycles. The van der Waals surface area contributed by atoms with Gasteiger partial charge >= 0.3 is 0 Å². The van der Waals surface area contributed by atoms with Crippen LogP contribution in [0.5, 0.6) is 5.75 Å². The number of thiophene rings is 1. The number of hydrogen-bond acceptors (Lipinski definition) is 5. The van der Waals surface area contributed by atoms with Crippen molar-refractivity contribution in [2.24, 2.45) is 23.2 Å². The number of nitrogens with one attached hydrogen (secondary N) is 1. The average Bonchev–Trinajstić information content (AvgIpc) is 3.40. The lowest BCUT2D eigenvalue weighted by atomic mass is 9.89. The van der Waals surface area contributed by atoms with E-state index in [1.807, 2.05) is 6.07 Å². The Bertz CT molecular complexity index is 1340. The van der Waals surface area contributed by atoms with Crippen molar-refractivity contribution in [3.63, 3.8) is 0 Å². The van der Waals surface area contributed by atoms with Gasteiger partial charge in [-0.25, -0.2) is 0 Å².